The van der Waals surface area contributed by atoms with Crippen molar-refractivity contribution < 1.29 is 4.79 Å². The number of nitrogens with zero attached hydrogens (tertiary/aromatic N) is 5. The summed E-state index contributed by atoms with van der Waals surface area (Å²) in [6.45, 7) is 8.01. The highest BCUT2D eigenvalue weighted by molar-refractivity contribution is 5.81. The first kappa shape index (κ1) is 20.8. The van der Waals surface area contributed by atoms with Crippen molar-refractivity contribution in [3.05, 3.63) is 52.0 Å². The van der Waals surface area contributed by atoms with Crippen molar-refractivity contribution in [2.75, 3.05) is 20.1 Å². The van der Waals surface area contributed by atoms with E-state index in [0.717, 1.165) is 30.0 Å². The van der Waals surface area contributed by atoms with Gasteiger partial charge >= 0.3 is 0 Å². The second-order valence-electron chi connectivity index (χ2n) is 8.83. The molecular formula is C22H32N6O2. The van der Waals surface area contributed by atoms with Gasteiger partial charge in [-0.2, -0.15) is 0 Å². The lowest BCUT2D eigenvalue weighted by Gasteiger charge is -2.43. The topological polar surface area (TPSA) is 89.4 Å². The Morgan fingerprint density at radius 1 is 1.30 bits per heavy atom. The third kappa shape index (κ3) is 3.94. The minimum absolute atomic E-state index is 0.00387. The molecule has 0 aliphatic carbocycles. The number of rotatable bonds is 6. The van der Waals surface area contributed by atoms with E-state index in [2.05, 4.69) is 27.4 Å². The lowest BCUT2D eigenvalue weighted by Crippen LogP contribution is -2.52. The van der Waals surface area contributed by atoms with Crippen LogP contribution < -0.4 is 11.3 Å². The molecular weight excluding hydrogens is 380 g/mol. The van der Waals surface area contributed by atoms with Gasteiger partial charge in [-0.25, -0.2) is 4.98 Å². The Morgan fingerprint density at radius 2 is 2.10 bits per heavy atom. The van der Waals surface area contributed by atoms with Crippen LogP contribution in [0.3, 0.4) is 0 Å². The standard InChI is InChI=1S/C22H32N6O2/c1-4-26-8-7-24-20(26)14-25(3)12-17-5-6-19-18-9-16(11-28(19)22(17)30)10-27(13-18)21(29)15(2)23/h5-8,15-16,18H,4,9-14,23H2,1-3H3/t15-,16-,18+/m0/s1. The maximum Gasteiger partial charge on any atom is 0.255 e. The summed E-state index contributed by atoms with van der Waals surface area (Å²) < 4.78 is 4.06. The first-order valence-electron chi connectivity index (χ1n) is 10.8. The third-order valence-electron chi connectivity index (χ3n) is 6.38. The number of aryl methyl sites for hydroxylation is 1. The molecule has 8 nitrogen and oxygen atoms in total. The van der Waals surface area contributed by atoms with Gasteiger partial charge in [-0.1, -0.05) is 6.07 Å². The molecule has 0 saturated carbocycles. The molecule has 2 bridgehead atoms. The van der Waals surface area contributed by atoms with Crippen LogP contribution in [0.2, 0.25) is 0 Å². The fraction of sp³-hybridized carbons (Fsp3) is 0.591. The van der Waals surface area contributed by atoms with Gasteiger partial charge in [-0.15, -0.1) is 0 Å². The number of nitrogens with two attached hydrogens (primary N) is 1. The van der Waals surface area contributed by atoms with Crippen molar-refractivity contribution in [3.63, 3.8) is 0 Å². The maximum atomic E-state index is 13.2. The van der Waals surface area contributed by atoms with Gasteiger partial charge in [0.05, 0.1) is 12.6 Å². The van der Waals surface area contributed by atoms with E-state index in [0.29, 0.717) is 38.6 Å². The molecule has 2 aromatic heterocycles. The molecule has 2 N–H and O–H groups in total. The minimum Gasteiger partial charge on any atom is -0.340 e. The average Bonchev–Trinajstić information content (AvgIpc) is 3.16. The van der Waals surface area contributed by atoms with Crippen molar-refractivity contribution in [1.82, 2.24) is 23.9 Å². The number of carbonyl (C=O) groups is 1. The molecule has 0 spiro atoms. The minimum atomic E-state index is -0.479. The predicted octanol–water partition coefficient (Wildman–Crippen LogP) is 0.990. The van der Waals surface area contributed by atoms with Crippen molar-refractivity contribution in [2.24, 2.45) is 11.7 Å². The number of imidazole rings is 1. The van der Waals surface area contributed by atoms with Crippen LogP contribution in [-0.4, -0.2) is 56.0 Å². The highest BCUT2D eigenvalue weighted by Gasteiger charge is 2.37. The molecule has 0 unspecified atom stereocenters. The number of carbonyl (C=O) groups excluding carboxylic acids is 1. The molecule has 2 aliphatic rings. The molecule has 162 valence electrons. The number of amides is 1. The van der Waals surface area contributed by atoms with E-state index < -0.39 is 6.04 Å². The summed E-state index contributed by atoms with van der Waals surface area (Å²) in [5.74, 6) is 1.52. The number of pyridine rings is 1. The van der Waals surface area contributed by atoms with E-state index in [1.165, 1.54) is 0 Å². The van der Waals surface area contributed by atoms with Gasteiger partial charge in [-0.05, 0) is 39.3 Å². The predicted molar refractivity (Wildman–Crippen MR) is 115 cm³/mol. The molecule has 2 aliphatic heterocycles. The van der Waals surface area contributed by atoms with Crippen molar-refractivity contribution >= 4 is 5.91 Å². The number of hydrogen-bond acceptors (Lipinski definition) is 5. The van der Waals surface area contributed by atoms with Crippen molar-refractivity contribution in [1.29, 1.82) is 0 Å². The van der Waals surface area contributed by atoms with Crippen LogP contribution in [0.1, 0.15) is 43.3 Å². The van der Waals surface area contributed by atoms with E-state index in [9.17, 15) is 9.59 Å². The number of fused-ring (bicyclic) bond motifs is 4. The summed E-state index contributed by atoms with van der Waals surface area (Å²) in [7, 11) is 2.02. The first-order chi connectivity index (χ1) is 14.4. The summed E-state index contributed by atoms with van der Waals surface area (Å²) in [4.78, 5) is 34.1. The molecule has 1 saturated heterocycles. The van der Waals surface area contributed by atoms with Crippen LogP contribution in [0.25, 0.3) is 0 Å². The highest BCUT2D eigenvalue weighted by Crippen LogP contribution is 2.35. The monoisotopic (exact) mass is 412 g/mol. The van der Waals surface area contributed by atoms with Crippen molar-refractivity contribution in [2.45, 2.75) is 58.4 Å². The summed E-state index contributed by atoms with van der Waals surface area (Å²) in [5, 5.41) is 0. The molecule has 4 heterocycles. The zero-order valence-electron chi connectivity index (χ0n) is 18.1. The molecule has 2 aromatic rings. The smallest absolute Gasteiger partial charge is 0.255 e. The van der Waals surface area contributed by atoms with Crippen LogP contribution in [0.4, 0.5) is 0 Å². The quantitative estimate of drug-likeness (QED) is 0.764. The SMILES string of the molecule is CCn1ccnc1CN(C)Cc1ccc2n(c1=O)C[C@H]1C[C@@H]2CN(C(=O)[C@H](C)N)C1. The maximum absolute atomic E-state index is 13.2. The third-order valence-corrected chi connectivity index (χ3v) is 6.38. The molecule has 8 heteroatoms. The second kappa shape index (κ2) is 8.35. The summed E-state index contributed by atoms with van der Waals surface area (Å²) in [5.41, 5.74) is 7.76. The van der Waals surface area contributed by atoms with Gasteiger partial charge in [0.1, 0.15) is 5.82 Å². The van der Waals surface area contributed by atoms with Gasteiger partial charge in [0.25, 0.3) is 5.56 Å². The van der Waals surface area contributed by atoms with Crippen LogP contribution in [0, 0.1) is 5.92 Å². The van der Waals surface area contributed by atoms with E-state index in [1.54, 1.807) is 6.92 Å². The van der Waals surface area contributed by atoms with Gasteiger partial charge in [-0.3, -0.25) is 14.5 Å². The van der Waals surface area contributed by atoms with Crippen LogP contribution in [0.15, 0.2) is 29.3 Å². The lowest BCUT2D eigenvalue weighted by atomic mass is 9.82. The first-order valence-corrected chi connectivity index (χ1v) is 10.8. The van der Waals surface area contributed by atoms with Crippen LogP contribution in [-0.2, 0) is 31.0 Å². The summed E-state index contributed by atoms with van der Waals surface area (Å²) in [6, 6.07) is 3.56. The van der Waals surface area contributed by atoms with Crippen LogP contribution >= 0.6 is 0 Å². The molecule has 0 aromatic carbocycles. The molecule has 1 fully saturated rings. The zero-order valence-corrected chi connectivity index (χ0v) is 18.1. The van der Waals surface area contributed by atoms with Gasteiger partial charge in [0.15, 0.2) is 0 Å². The molecule has 4 rings (SSSR count). The molecule has 30 heavy (non-hydrogen) atoms. The van der Waals surface area contributed by atoms with Gasteiger partial charge < -0.3 is 19.8 Å². The Hall–Kier alpha value is -2.45. The fourth-order valence-corrected chi connectivity index (χ4v) is 4.95. The lowest BCUT2D eigenvalue weighted by molar-refractivity contribution is -0.134. The normalized spacial score (nSPS) is 21.6. The number of aromatic nitrogens is 3. The summed E-state index contributed by atoms with van der Waals surface area (Å²) >= 11 is 0. The zero-order chi connectivity index (χ0) is 21.4. The van der Waals surface area contributed by atoms with E-state index in [1.807, 2.05) is 35.0 Å². The van der Waals surface area contributed by atoms with Gasteiger partial charge in [0, 0.05) is 62.3 Å². The Kier molecular flexibility index (Phi) is 5.79. The molecule has 3 atom stereocenters. The molecule has 1 amide bonds. The highest BCUT2D eigenvalue weighted by atomic mass is 16.2. The van der Waals surface area contributed by atoms with E-state index in [-0.39, 0.29) is 17.4 Å². The van der Waals surface area contributed by atoms with Crippen LogP contribution in [0.5, 0.6) is 0 Å². The summed E-state index contributed by atoms with van der Waals surface area (Å²) in [6.07, 6.45) is 4.83. The van der Waals surface area contributed by atoms with E-state index >= 15 is 0 Å². The second-order valence-corrected chi connectivity index (χ2v) is 8.83. The van der Waals surface area contributed by atoms with Crippen molar-refractivity contribution in [3.8, 4) is 0 Å². The van der Waals surface area contributed by atoms with E-state index in [4.69, 9.17) is 5.73 Å². The Labute approximate surface area is 177 Å². The number of piperidine rings is 1. The number of likely N-dealkylation sites (tertiary alicyclic amines) is 1. The Bertz CT molecular complexity index is 978. The Morgan fingerprint density at radius 3 is 2.83 bits per heavy atom. The number of hydrogen-bond donors (Lipinski definition) is 1. The Balaban J connectivity index is 1.51. The largest absolute Gasteiger partial charge is 0.340 e. The van der Waals surface area contributed by atoms with Gasteiger partial charge in [0.2, 0.25) is 5.91 Å². The fourth-order valence-electron chi connectivity index (χ4n) is 4.95. The molecule has 0 radical (unpaired) electrons. The average molecular weight is 413 g/mol.